The third-order valence-corrected chi connectivity index (χ3v) is 5.25. The van der Waals surface area contributed by atoms with E-state index >= 15 is 0 Å². The molecule has 2 rings (SSSR count). The molecule has 5 nitrogen and oxygen atoms in total. The Kier molecular flexibility index (Phi) is 5.75. The summed E-state index contributed by atoms with van der Waals surface area (Å²) in [6.07, 6.45) is 0.983. The first-order valence-electron chi connectivity index (χ1n) is 7.82. The van der Waals surface area contributed by atoms with E-state index in [1.807, 2.05) is 6.92 Å². The largest absolute Gasteiger partial charge is 0.273 e. The van der Waals surface area contributed by atoms with Crippen molar-refractivity contribution in [3.8, 4) is 0 Å². The van der Waals surface area contributed by atoms with Crippen molar-refractivity contribution in [1.82, 2.24) is 10.3 Å². The number of hydrogen-bond donors (Lipinski definition) is 2. The number of carbonyl (C=O) groups excluding carboxylic acids is 1. The Hall–Kier alpha value is -2.18. The maximum Gasteiger partial charge on any atom is 0.266 e. The van der Waals surface area contributed by atoms with Crippen molar-refractivity contribution in [3.63, 3.8) is 0 Å². The van der Waals surface area contributed by atoms with Crippen molar-refractivity contribution in [1.29, 1.82) is 0 Å². The number of benzene rings is 2. The van der Waals surface area contributed by atoms with Crippen molar-refractivity contribution in [2.24, 2.45) is 0 Å². The van der Waals surface area contributed by atoms with Gasteiger partial charge in [-0.05, 0) is 49.1 Å². The lowest BCUT2D eigenvalue weighted by Gasteiger charge is -2.11. The van der Waals surface area contributed by atoms with E-state index < -0.39 is 15.9 Å². The van der Waals surface area contributed by atoms with Gasteiger partial charge in [-0.1, -0.05) is 43.7 Å². The molecule has 0 bridgehead atoms. The molecule has 0 saturated heterocycles. The molecule has 24 heavy (non-hydrogen) atoms. The maximum absolute atomic E-state index is 12.2. The van der Waals surface area contributed by atoms with Crippen LogP contribution in [0.3, 0.4) is 0 Å². The van der Waals surface area contributed by atoms with Crippen LogP contribution in [0.1, 0.15) is 47.7 Å². The van der Waals surface area contributed by atoms with Gasteiger partial charge in [-0.25, -0.2) is 8.42 Å². The van der Waals surface area contributed by atoms with Crippen LogP contribution in [0.25, 0.3) is 0 Å². The first-order valence-corrected chi connectivity index (χ1v) is 9.30. The minimum Gasteiger partial charge on any atom is -0.273 e. The molecule has 0 unspecified atom stereocenters. The van der Waals surface area contributed by atoms with E-state index in [1.54, 1.807) is 48.5 Å². The zero-order chi connectivity index (χ0) is 17.7. The number of carbonyl (C=O) groups is 1. The van der Waals surface area contributed by atoms with Crippen LogP contribution in [0.15, 0.2) is 53.4 Å². The fourth-order valence-electron chi connectivity index (χ4n) is 2.16. The molecule has 1 atom stereocenters. The molecule has 2 N–H and O–H groups in total. The summed E-state index contributed by atoms with van der Waals surface area (Å²) in [6.45, 7) is 6.08. The van der Waals surface area contributed by atoms with Gasteiger partial charge in [-0.15, -0.1) is 4.83 Å². The van der Waals surface area contributed by atoms with Gasteiger partial charge >= 0.3 is 0 Å². The van der Waals surface area contributed by atoms with E-state index in [9.17, 15) is 13.2 Å². The molecule has 0 spiro atoms. The Bertz CT molecular complexity index is 797. The summed E-state index contributed by atoms with van der Waals surface area (Å²) in [5, 5.41) is 0. The van der Waals surface area contributed by atoms with E-state index in [1.165, 1.54) is 0 Å². The second-order valence-corrected chi connectivity index (χ2v) is 7.49. The first-order chi connectivity index (χ1) is 11.3. The van der Waals surface area contributed by atoms with Gasteiger partial charge in [0.25, 0.3) is 15.9 Å². The second kappa shape index (κ2) is 7.59. The fraction of sp³-hybridized carbons (Fsp3) is 0.278. The highest BCUT2D eigenvalue weighted by Gasteiger charge is 2.16. The van der Waals surface area contributed by atoms with Gasteiger partial charge in [-0.2, -0.15) is 0 Å². The highest BCUT2D eigenvalue weighted by atomic mass is 32.2. The van der Waals surface area contributed by atoms with E-state index in [-0.39, 0.29) is 4.90 Å². The van der Waals surface area contributed by atoms with Crippen LogP contribution in [-0.4, -0.2) is 14.3 Å². The van der Waals surface area contributed by atoms with Gasteiger partial charge in [0.15, 0.2) is 0 Å². The van der Waals surface area contributed by atoms with E-state index in [2.05, 4.69) is 24.1 Å². The molecule has 2 aromatic rings. The number of hydrazine groups is 1. The van der Waals surface area contributed by atoms with Crippen molar-refractivity contribution in [2.45, 2.75) is 38.0 Å². The van der Waals surface area contributed by atoms with Gasteiger partial charge in [-0.3, -0.25) is 10.2 Å². The molecular weight excluding hydrogens is 324 g/mol. The Labute approximate surface area is 143 Å². The zero-order valence-corrected chi connectivity index (χ0v) is 14.9. The van der Waals surface area contributed by atoms with Gasteiger partial charge in [0.05, 0.1) is 4.90 Å². The molecule has 1 amide bonds. The van der Waals surface area contributed by atoms with Crippen molar-refractivity contribution in [3.05, 3.63) is 65.2 Å². The maximum atomic E-state index is 12.2. The van der Waals surface area contributed by atoms with Crippen LogP contribution in [0, 0.1) is 6.92 Å². The number of aryl methyl sites for hydroxylation is 1. The molecule has 0 aliphatic heterocycles. The zero-order valence-electron chi connectivity index (χ0n) is 14.0. The third-order valence-electron chi connectivity index (χ3n) is 3.98. The van der Waals surface area contributed by atoms with Crippen LogP contribution in [0.2, 0.25) is 0 Å². The van der Waals surface area contributed by atoms with Crippen molar-refractivity contribution >= 4 is 15.9 Å². The fourth-order valence-corrected chi connectivity index (χ4v) is 3.00. The molecule has 0 saturated carbocycles. The molecule has 2 aromatic carbocycles. The molecule has 0 radical (unpaired) electrons. The van der Waals surface area contributed by atoms with Crippen molar-refractivity contribution in [2.75, 3.05) is 0 Å². The van der Waals surface area contributed by atoms with Crippen LogP contribution in [-0.2, 0) is 10.0 Å². The summed E-state index contributed by atoms with van der Waals surface area (Å²) < 4.78 is 24.5. The third kappa shape index (κ3) is 4.43. The lowest BCUT2D eigenvalue weighted by Crippen LogP contribution is -2.41. The molecular formula is C18H22N2O3S. The number of rotatable bonds is 6. The normalized spacial score (nSPS) is 12.6. The highest BCUT2D eigenvalue weighted by molar-refractivity contribution is 7.89. The summed E-state index contributed by atoms with van der Waals surface area (Å²) in [7, 11) is -3.80. The van der Waals surface area contributed by atoms with Gasteiger partial charge in [0.1, 0.15) is 0 Å². The van der Waals surface area contributed by atoms with Gasteiger partial charge in [0, 0.05) is 5.56 Å². The molecule has 0 aliphatic rings. The lowest BCUT2D eigenvalue weighted by atomic mass is 9.99. The molecule has 0 aliphatic carbocycles. The smallest absolute Gasteiger partial charge is 0.266 e. The van der Waals surface area contributed by atoms with E-state index in [0.29, 0.717) is 11.5 Å². The number of sulfonamides is 1. The summed E-state index contributed by atoms with van der Waals surface area (Å²) in [5.41, 5.74) is 4.72. The summed E-state index contributed by atoms with van der Waals surface area (Å²) in [4.78, 5) is 14.2. The Morgan fingerprint density at radius 3 is 2.17 bits per heavy atom. The predicted octanol–water partition coefficient (Wildman–Crippen LogP) is 3.13. The molecule has 0 fully saturated rings. The quantitative estimate of drug-likeness (QED) is 0.789. The Morgan fingerprint density at radius 1 is 1.04 bits per heavy atom. The van der Waals surface area contributed by atoms with Crippen LogP contribution in [0.4, 0.5) is 0 Å². The predicted molar refractivity (Wildman–Crippen MR) is 94.1 cm³/mol. The first kappa shape index (κ1) is 18.2. The molecule has 0 aromatic heterocycles. The number of amides is 1. The molecule has 0 heterocycles. The minimum atomic E-state index is -3.80. The lowest BCUT2D eigenvalue weighted by molar-refractivity contribution is 0.0945. The Balaban J connectivity index is 2.05. The average Bonchev–Trinajstić information content (AvgIpc) is 2.59. The summed E-state index contributed by atoms with van der Waals surface area (Å²) in [5.74, 6) is -0.134. The van der Waals surface area contributed by atoms with Gasteiger partial charge in [0.2, 0.25) is 0 Å². The molecule has 6 heteroatoms. The highest BCUT2D eigenvalue weighted by Crippen LogP contribution is 2.20. The summed E-state index contributed by atoms with van der Waals surface area (Å²) in [6, 6.07) is 13.5. The number of nitrogens with one attached hydrogen (secondary N) is 2. The number of hydrogen-bond acceptors (Lipinski definition) is 3. The minimum absolute atomic E-state index is 0.110. The SMILES string of the molecule is CC[C@H](C)c1ccc(S(=O)(=O)NNC(=O)c2ccc(C)cc2)cc1. The monoisotopic (exact) mass is 346 g/mol. The topological polar surface area (TPSA) is 75.3 Å². The molecule has 128 valence electrons. The van der Waals surface area contributed by atoms with E-state index in [4.69, 9.17) is 0 Å². The standard InChI is InChI=1S/C18H22N2O3S/c1-4-14(3)15-9-11-17(12-10-15)24(22,23)20-19-18(21)16-7-5-13(2)6-8-16/h5-12,14,20H,4H2,1-3H3,(H,19,21)/t14-/m0/s1. The second-order valence-electron chi connectivity index (χ2n) is 5.80. The average molecular weight is 346 g/mol. The van der Waals surface area contributed by atoms with Crippen molar-refractivity contribution < 1.29 is 13.2 Å². The van der Waals surface area contributed by atoms with Gasteiger partial charge < -0.3 is 0 Å². The summed E-state index contributed by atoms with van der Waals surface area (Å²) >= 11 is 0. The Morgan fingerprint density at radius 2 is 1.62 bits per heavy atom. The van der Waals surface area contributed by atoms with Crippen LogP contribution < -0.4 is 10.3 Å². The van der Waals surface area contributed by atoms with E-state index in [0.717, 1.165) is 17.5 Å². The van der Waals surface area contributed by atoms with Crippen LogP contribution >= 0.6 is 0 Å². The van der Waals surface area contributed by atoms with Crippen LogP contribution in [0.5, 0.6) is 0 Å².